The van der Waals surface area contributed by atoms with Crippen molar-refractivity contribution in [2.75, 3.05) is 75.8 Å². The molecular formula is C30H44N4O2. The number of aryl methyl sites for hydroxylation is 1. The number of amides is 1. The fourth-order valence-electron chi connectivity index (χ4n) is 5.23. The maximum Gasteiger partial charge on any atom is 0.222 e. The largest absolute Gasteiger partial charge is 0.491 e. The van der Waals surface area contributed by atoms with Crippen LogP contribution >= 0.6 is 0 Å². The molecule has 2 saturated heterocycles. The number of carbonyl (C=O) groups excluding carboxylic acids is 1. The lowest BCUT2D eigenvalue weighted by Crippen LogP contribution is -2.49. The van der Waals surface area contributed by atoms with E-state index in [0.29, 0.717) is 12.3 Å². The monoisotopic (exact) mass is 492 g/mol. The van der Waals surface area contributed by atoms with Crippen LogP contribution in [0.5, 0.6) is 5.75 Å². The molecule has 0 bridgehead atoms. The molecule has 0 atom stereocenters. The normalized spacial score (nSPS) is 16.9. The van der Waals surface area contributed by atoms with Crippen LogP contribution in [0.1, 0.15) is 43.2 Å². The molecule has 6 nitrogen and oxygen atoms in total. The minimum Gasteiger partial charge on any atom is -0.491 e. The lowest BCUT2D eigenvalue weighted by molar-refractivity contribution is -0.131. The quantitative estimate of drug-likeness (QED) is 0.448. The van der Waals surface area contributed by atoms with Gasteiger partial charge in [0.05, 0.1) is 12.3 Å². The Morgan fingerprint density at radius 2 is 1.39 bits per heavy atom. The number of hydrogen-bond acceptors (Lipinski definition) is 5. The van der Waals surface area contributed by atoms with Crippen molar-refractivity contribution in [2.45, 2.75) is 46.0 Å². The topological polar surface area (TPSA) is 39.3 Å². The molecule has 1 amide bonds. The van der Waals surface area contributed by atoms with E-state index in [2.05, 4.69) is 83.0 Å². The highest BCUT2D eigenvalue weighted by atomic mass is 16.5. The van der Waals surface area contributed by atoms with Crippen LogP contribution in [0.3, 0.4) is 0 Å². The number of unbranched alkanes of at least 4 members (excludes halogenated alkanes) is 3. The van der Waals surface area contributed by atoms with Crippen LogP contribution in [0.15, 0.2) is 42.5 Å². The molecule has 2 heterocycles. The SMILES string of the molecule is Cc1cccc(N2CCN(C(=O)CCCCCCOc3ccccc3N3CCN(C)CC3)CC2)c1C. The minimum atomic E-state index is 0.313. The smallest absolute Gasteiger partial charge is 0.222 e. The fraction of sp³-hybridized carbons (Fsp3) is 0.567. The van der Waals surface area contributed by atoms with E-state index < -0.39 is 0 Å². The maximum absolute atomic E-state index is 12.7. The predicted octanol–water partition coefficient (Wildman–Crippen LogP) is 4.73. The van der Waals surface area contributed by atoms with E-state index in [-0.39, 0.29) is 0 Å². The Morgan fingerprint density at radius 1 is 0.750 bits per heavy atom. The standard InChI is InChI=1S/C30H44N4O2/c1-25-11-10-13-27(26(25)2)32-20-22-34(23-21-32)30(35)15-6-4-5-9-24-36-29-14-8-7-12-28(29)33-18-16-31(3)17-19-33/h7-8,10-14H,4-6,9,15-24H2,1-3H3. The van der Waals surface area contributed by atoms with Crippen molar-refractivity contribution in [2.24, 2.45) is 0 Å². The van der Waals surface area contributed by atoms with Crippen molar-refractivity contribution in [3.63, 3.8) is 0 Å². The molecule has 0 N–H and O–H groups in total. The fourth-order valence-corrected chi connectivity index (χ4v) is 5.23. The molecule has 0 aromatic heterocycles. The van der Waals surface area contributed by atoms with E-state index >= 15 is 0 Å². The average molecular weight is 493 g/mol. The van der Waals surface area contributed by atoms with E-state index in [1.165, 1.54) is 22.5 Å². The summed E-state index contributed by atoms with van der Waals surface area (Å²) < 4.78 is 6.17. The highest BCUT2D eigenvalue weighted by Crippen LogP contribution is 2.29. The van der Waals surface area contributed by atoms with Gasteiger partial charge in [-0.25, -0.2) is 0 Å². The number of nitrogens with zero attached hydrogens (tertiary/aromatic N) is 4. The van der Waals surface area contributed by atoms with Gasteiger partial charge in [0, 0.05) is 64.5 Å². The van der Waals surface area contributed by atoms with Crippen molar-refractivity contribution in [3.05, 3.63) is 53.6 Å². The van der Waals surface area contributed by atoms with Gasteiger partial charge in [-0.2, -0.15) is 0 Å². The number of para-hydroxylation sites is 2. The number of benzene rings is 2. The van der Waals surface area contributed by atoms with Gasteiger partial charge in [0.2, 0.25) is 5.91 Å². The summed E-state index contributed by atoms with van der Waals surface area (Å²) in [6.45, 7) is 12.9. The molecule has 2 aliphatic heterocycles. The summed E-state index contributed by atoms with van der Waals surface area (Å²) >= 11 is 0. The zero-order chi connectivity index (χ0) is 25.3. The Kier molecular flexibility index (Phi) is 9.51. The number of piperazine rings is 2. The van der Waals surface area contributed by atoms with Crippen molar-refractivity contribution in [1.29, 1.82) is 0 Å². The van der Waals surface area contributed by atoms with Gasteiger partial charge >= 0.3 is 0 Å². The number of carbonyl (C=O) groups is 1. The summed E-state index contributed by atoms with van der Waals surface area (Å²) in [5.74, 6) is 1.31. The predicted molar refractivity (Wildman–Crippen MR) is 149 cm³/mol. The first-order valence-electron chi connectivity index (χ1n) is 13.8. The van der Waals surface area contributed by atoms with E-state index in [9.17, 15) is 4.79 Å². The van der Waals surface area contributed by atoms with Crippen LogP contribution in [0.25, 0.3) is 0 Å². The Morgan fingerprint density at radius 3 is 2.17 bits per heavy atom. The molecule has 196 valence electrons. The van der Waals surface area contributed by atoms with Crippen molar-refractivity contribution in [1.82, 2.24) is 9.80 Å². The van der Waals surface area contributed by atoms with E-state index in [1.54, 1.807) is 0 Å². The third kappa shape index (κ3) is 6.94. The second kappa shape index (κ2) is 13.0. The summed E-state index contributed by atoms with van der Waals surface area (Å²) in [6, 6.07) is 14.9. The Labute approximate surface area is 217 Å². The molecule has 4 rings (SSSR count). The molecule has 2 aromatic carbocycles. The first-order valence-corrected chi connectivity index (χ1v) is 13.8. The molecule has 2 aromatic rings. The number of ether oxygens (including phenoxy) is 1. The Hall–Kier alpha value is -2.73. The van der Waals surface area contributed by atoms with Crippen molar-refractivity contribution >= 4 is 17.3 Å². The first-order chi connectivity index (χ1) is 17.5. The molecule has 2 fully saturated rings. The van der Waals surface area contributed by atoms with Crippen LogP contribution in [0, 0.1) is 13.8 Å². The molecule has 6 heteroatoms. The lowest BCUT2D eigenvalue weighted by atomic mass is 10.1. The van der Waals surface area contributed by atoms with Gasteiger partial charge in [0.15, 0.2) is 0 Å². The van der Waals surface area contributed by atoms with Crippen LogP contribution in [-0.2, 0) is 4.79 Å². The third-order valence-electron chi connectivity index (χ3n) is 7.80. The van der Waals surface area contributed by atoms with Crippen molar-refractivity contribution in [3.8, 4) is 5.75 Å². The van der Waals surface area contributed by atoms with E-state index in [4.69, 9.17) is 4.74 Å². The summed E-state index contributed by atoms with van der Waals surface area (Å²) in [6.07, 6.45) is 4.84. The van der Waals surface area contributed by atoms with Gasteiger partial charge < -0.3 is 24.3 Å². The van der Waals surface area contributed by atoms with E-state index in [0.717, 1.165) is 90.4 Å². The summed E-state index contributed by atoms with van der Waals surface area (Å²) in [5.41, 5.74) is 5.21. The van der Waals surface area contributed by atoms with Crippen LogP contribution < -0.4 is 14.5 Å². The second-order valence-corrected chi connectivity index (χ2v) is 10.4. The highest BCUT2D eigenvalue weighted by molar-refractivity contribution is 5.76. The van der Waals surface area contributed by atoms with Crippen LogP contribution in [0.2, 0.25) is 0 Å². The maximum atomic E-state index is 12.7. The van der Waals surface area contributed by atoms with Gasteiger partial charge in [-0.3, -0.25) is 4.79 Å². The van der Waals surface area contributed by atoms with Gasteiger partial charge in [-0.05, 0) is 63.1 Å². The lowest BCUT2D eigenvalue weighted by Gasteiger charge is -2.37. The van der Waals surface area contributed by atoms with Gasteiger partial charge in [0.1, 0.15) is 5.75 Å². The van der Waals surface area contributed by atoms with Crippen molar-refractivity contribution < 1.29 is 9.53 Å². The summed E-state index contributed by atoms with van der Waals surface area (Å²) in [4.78, 5) is 22.0. The molecular weight excluding hydrogens is 448 g/mol. The molecule has 36 heavy (non-hydrogen) atoms. The zero-order valence-electron chi connectivity index (χ0n) is 22.5. The Bertz CT molecular complexity index is 979. The average Bonchev–Trinajstić information content (AvgIpc) is 2.90. The van der Waals surface area contributed by atoms with Crippen LogP contribution in [-0.4, -0.2) is 81.7 Å². The van der Waals surface area contributed by atoms with Gasteiger partial charge in [-0.15, -0.1) is 0 Å². The summed E-state index contributed by atoms with van der Waals surface area (Å²) in [5, 5.41) is 0. The molecule has 2 aliphatic rings. The number of anilines is 2. The summed E-state index contributed by atoms with van der Waals surface area (Å²) in [7, 11) is 2.18. The molecule has 0 saturated carbocycles. The third-order valence-corrected chi connectivity index (χ3v) is 7.80. The minimum absolute atomic E-state index is 0.313. The number of rotatable bonds is 10. The van der Waals surface area contributed by atoms with Gasteiger partial charge in [-0.1, -0.05) is 37.1 Å². The second-order valence-electron chi connectivity index (χ2n) is 10.4. The molecule has 0 aliphatic carbocycles. The van der Waals surface area contributed by atoms with E-state index in [1.807, 2.05) is 0 Å². The Balaban J connectivity index is 1.10. The number of likely N-dealkylation sites (N-methyl/N-ethyl adjacent to an activating group) is 1. The number of hydrogen-bond donors (Lipinski definition) is 0. The molecule has 0 radical (unpaired) electrons. The van der Waals surface area contributed by atoms with Crippen LogP contribution in [0.4, 0.5) is 11.4 Å². The molecule has 0 unspecified atom stereocenters. The van der Waals surface area contributed by atoms with Gasteiger partial charge in [0.25, 0.3) is 0 Å². The highest BCUT2D eigenvalue weighted by Gasteiger charge is 2.22. The molecule has 0 spiro atoms. The zero-order valence-corrected chi connectivity index (χ0v) is 22.5. The first kappa shape index (κ1) is 26.3.